The van der Waals surface area contributed by atoms with Gasteiger partial charge in [0.05, 0.1) is 12.7 Å². The van der Waals surface area contributed by atoms with Gasteiger partial charge in [0.25, 0.3) is 0 Å². The van der Waals surface area contributed by atoms with E-state index in [1.54, 1.807) is 0 Å². The minimum absolute atomic E-state index is 0.153. The third-order valence-electron chi connectivity index (χ3n) is 2.13. The highest BCUT2D eigenvalue weighted by Crippen LogP contribution is 2.11. The second-order valence-corrected chi connectivity index (χ2v) is 5.26. The fourth-order valence-electron chi connectivity index (χ4n) is 1.55. The van der Waals surface area contributed by atoms with E-state index < -0.39 is 22.0 Å². The van der Waals surface area contributed by atoms with Crippen molar-refractivity contribution in [2.75, 3.05) is 25.9 Å². The molecule has 1 atom stereocenters. The highest BCUT2D eigenvalue weighted by Gasteiger charge is 2.30. The first kappa shape index (κ1) is 11.4. The molecule has 1 heterocycles. The van der Waals surface area contributed by atoms with Crippen LogP contribution in [0.4, 0.5) is 0 Å². The normalized spacial score (nSPS) is 24.8. The van der Waals surface area contributed by atoms with Crippen LogP contribution < -0.4 is 5.32 Å². The van der Waals surface area contributed by atoms with E-state index in [4.69, 9.17) is 5.11 Å². The predicted molar refractivity (Wildman–Crippen MR) is 50.5 cm³/mol. The summed E-state index contributed by atoms with van der Waals surface area (Å²) in [5, 5.41) is 11.6. The molecular weight excluding hydrogens is 208 g/mol. The number of hydrogen-bond donors (Lipinski definition) is 2. The lowest BCUT2D eigenvalue weighted by atomic mass is 10.2. The van der Waals surface area contributed by atoms with Crippen LogP contribution in [-0.2, 0) is 14.8 Å². The Hall–Kier alpha value is -0.660. The van der Waals surface area contributed by atoms with E-state index in [-0.39, 0.29) is 6.42 Å². The van der Waals surface area contributed by atoms with Crippen LogP contribution in [0.15, 0.2) is 0 Å². The van der Waals surface area contributed by atoms with Gasteiger partial charge >= 0.3 is 5.97 Å². The van der Waals surface area contributed by atoms with Crippen molar-refractivity contribution < 1.29 is 18.3 Å². The van der Waals surface area contributed by atoms with Crippen molar-refractivity contribution >= 4 is 16.0 Å². The molecule has 82 valence electrons. The van der Waals surface area contributed by atoms with Crippen LogP contribution in [0.1, 0.15) is 6.42 Å². The van der Waals surface area contributed by atoms with Gasteiger partial charge in [-0.3, -0.25) is 4.79 Å². The van der Waals surface area contributed by atoms with Gasteiger partial charge in [-0.05, 0) is 0 Å². The molecular formula is C7H14N2O4S. The van der Waals surface area contributed by atoms with Crippen molar-refractivity contribution in [2.45, 2.75) is 12.5 Å². The summed E-state index contributed by atoms with van der Waals surface area (Å²) in [6, 6.07) is -0.462. The molecule has 0 amide bonds. The molecule has 6 nitrogen and oxygen atoms in total. The maximum Gasteiger partial charge on any atom is 0.305 e. The van der Waals surface area contributed by atoms with Crippen LogP contribution in [-0.4, -0.2) is 55.7 Å². The van der Waals surface area contributed by atoms with Crippen molar-refractivity contribution in [3.63, 3.8) is 0 Å². The van der Waals surface area contributed by atoms with Crippen molar-refractivity contribution in [3.05, 3.63) is 0 Å². The molecule has 0 aromatic carbocycles. The first-order chi connectivity index (χ1) is 6.41. The lowest BCUT2D eigenvalue weighted by Gasteiger charge is -2.33. The van der Waals surface area contributed by atoms with E-state index >= 15 is 0 Å². The minimum Gasteiger partial charge on any atom is -0.481 e. The Morgan fingerprint density at radius 2 is 2.29 bits per heavy atom. The number of rotatable bonds is 3. The number of hydrogen-bond acceptors (Lipinski definition) is 4. The molecule has 0 bridgehead atoms. The first-order valence-electron chi connectivity index (χ1n) is 4.30. The van der Waals surface area contributed by atoms with Crippen molar-refractivity contribution in [2.24, 2.45) is 0 Å². The van der Waals surface area contributed by atoms with Gasteiger partial charge in [-0.15, -0.1) is 0 Å². The molecule has 1 rings (SSSR count). The van der Waals surface area contributed by atoms with Gasteiger partial charge in [0.15, 0.2) is 0 Å². The van der Waals surface area contributed by atoms with Gasteiger partial charge in [-0.2, -0.15) is 4.31 Å². The lowest BCUT2D eigenvalue weighted by Crippen LogP contribution is -2.53. The Bertz CT molecular complexity index is 314. The molecule has 7 heteroatoms. The molecule has 0 aromatic rings. The molecule has 0 spiro atoms. The zero-order chi connectivity index (χ0) is 10.8. The fraction of sp³-hybridized carbons (Fsp3) is 0.857. The van der Waals surface area contributed by atoms with E-state index in [1.807, 2.05) is 0 Å². The van der Waals surface area contributed by atoms with E-state index in [9.17, 15) is 13.2 Å². The summed E-state index contributed by atoms with van der Waals surface area (Å²) < 4.78 is 23.8. The van der Waals surface area contributed by atoms with Crippen molar-refractivity contribution in [1.82, 2.24) is 9.62 Å². The maximum atomic E-state index is 11.3. The standard InChI is InChI=1S/C7H14N2O4S/c1-14(12,13)9-3-2-8-5-6(9)4-7(10)11/h6,8H,2-5H2,1H3,(H,10,11). The minimum atomic E-state index is -3.29. The van der Waals surface area contributed by atoms with Gasteiger partial charge in [0, 0.05) is 25.7 Å². The van der Waals surface area contributed by atoms with Gasteiger partial charge < -0.3 is 10.4 Å². The number of carboxylic acid groups (broad SMARTS) is 1. The number of carbonyl (C=O) groups is 1. The SMILES string of the molecule is CS(=O)(=O)N1CCNCC1CC(=O)O. The molecule has 0 saturated carbocycles. The monoisotopic (exact) mass is 222 g/mol. The average Bonchev–Trinajstić information content (AvgIpc) is 2.01. The molecule has 1 aliphatic heterocycles. The van der Waals surface area contributed by atoms with Crippen LogP contribution in [0.5, 0.6) is 0 Å². The Labute approximate surface area is 82.9 Å². The van der Waals surface area contributed by atoms with Crippen molar-refractivity contribution in [1.29, 1.82) is 0 Å². The summed E-state index contributed by atoms with van der Waals surface area (Å²) in [5.74, 6) is -0.979. The van der Waals surface area contributed by atoms with Crippen LogP contribution >= 0.6 is 0 Å². The average molecular weight is 222 g/mol. The molecule has 1 fully saturated rings. The highest BCUT2D eigenvalue weighted by atomic mass is 32.2. The van der Waals surface area contributed by atoms with Crippen LogP contribution in [0, 0.1) is 0 Å². The number of nitrogens with one attached hydrogen (secondary N) is 1. The van der Waals surface area contributed by atoms with Gasteiger partial charge in [0.2, 0.25) is 10.0 Å². The maximum absolute atomic E-state index is 11.3. The molecule has 1 saturated heterocycles. The second kappa shape index (κ2) is 4.24. The number of sulfonamides is 1. The molecule has 1 unspecified atom stereocenters. The summed E-state index contributed by atoms with van der Waals surface area (Å²) in [5.41, 5.74) is 0. The Kier molecular flexibility index (Phi) is 3.46. The van der Waals surface area contributed by atoms with Gasteiger partial charge in [-0.1, -0.05) is 0 Å². The van der Waals surface area contributed by atoms with E-state index in [1.165, 1.54) is 4.31 Å². The quantitative estimate of drug-likeness (QED) is 0.619. The number of carboxylic acids is 1. The Morgan fingerprint density at radius 3 is 2.79 bits per heavy atom. The van der Waals surface area contributed by atoms with Gasteiger partial charge in [-0.25, -0.2) is 8.42 Å². The molecule has 2 N–H and O–H groups in total. The molecule has 1 aliphatic rings. The Balaban J connectivity index is 2.74. The van der Waals surface area contributed by atoms with Gasteiger partial charge in [0.1, 0.15) is 0 Å². The number of nitrogens with zero attached hydrogens (tertiary/aromatic N) is 1. The summed E-state index contributed by atoms with van der Waals surface area (Å²) >= 11 is 0. The molecule has 0 aromatic heterocycles. The van der Waals surface area contributed by atoms with Crippen molar-refractivity contribution in [3.8, 4) is 0 Å². The summed E-state index contributed by atoms with van der Waals surface area (Å²) in [6.07, 6.45) is 0.952. The number of piperazine rings is 1. The zero-order valence-electron chi connectivity index (χ0n) is 7.93. The number of aliphatic carboxylic acids is 1. The summed E-state index contributed by atoms with van der Waals surface area (Å²) in [7, 11) is -3.29. The smallest absolute Gasteiger partial charge is 0.305 e. The molecule has 0 aliphatic carbocycles. The van der Waals surface area contributed by atoms with Crippen LogP contribution in [0.2, 0.25) is 0 Å². The third kappa shape index (κ3) is 2.93. The molecule has 14 heavy (non-hydrogen) atoms. The Morgan fingerprint density at radius 1 is 1.64 bits per heavy atom. The van der Waals surface area contributed by atoms with E-state index in [0.29, 0.717) is 19.6 Å². The van der Waals surface area contributed by atoms with Crippen LogP contribution in [0.3, 0.4) is 0 Å². The first-order valence-corrected chi connectivity index (χ1v) is 6.15. The predicted octanol–water partition coefficient (Wildman–Crippen LogP) is -1.31. The highest BCUT2D eigenvalue weighted by molar-refractivity contribution is 7.88. The van der Waals surface area contributed by atoms with E-state index in [0.717, 1.165) is 6.26 Å². The lowest BCUT2D eigenvalue weighted by molar-refractivity contribution is -0.138. The van der Waals surface area contributed by atoms with E-state index in [2.05, 4.69) is 5.32 Å². The fourth-order valence-corrected chi connectivity index (χ4v) is 2.67. The second-order valence-electron chi connectivity index (χ2n) is 3.33. The largest absolute Gasteiger partial charge is 0.481 e. The van der Waals surface area contributed by atoms with Crippen LogP contribution in [0.25, 0.3) is 0 Å². The topological polar surface area (TPSA) is 86.7 Å². The summed E-state index contributed by atoms with van der Waals surface area (Å²) in [4.78, 5) is 10.5. The zero-order valence-corrected chi connectivity index (χ0v) is 8.75. The third-order valence-corrected chi connectivity index (χ3v) is 3.47. The summed E-state index contributed by atoms with van der Waals surface area (Å²) in [6.45, 7) is 1.32. The molecule has 0 radical (unpaired) electrons.